The van der Waals surface area contributed by atoms with Gasteiger partial charge in [-0.25, -0.2) is 0 Å². The second-order valence-corrected chi connectivity index (χ2v) is 6.61. The molecule has 0 bridgehead atoms. The first-order chi connectivity index (χ1) is 10.5. The zero-order valence-electron chi connectivity index (χ0n) is 15.8. The van der Waals surface area contributed by atoms with E-state index < -0.39 is 0 Å². The van der Waals surface area contributed by atoms with Gasteiger partial charge in [-0.3, -0.25) is 0 Å². The van der Waals surface area contributed by atoms with Gasteiger partial charge in [0.1, 0.15) is 0 Å². The number of nitrogens with one attached hydrogen (secondary N) is 1. The number of rotatable bonds is 11. The minimum atomic E-state index is 0.978. The van der Waals surface area contributed by atoms with Gasteiger partial charge in [0.05, 0.1) is 0 Å². The minimum Gasteiger partial charge on any atom is -0.316 e. The van der Waals surface area contributed by atoms with E-state index in [0.29, 0.717) is 0 Å². The van der Waals surface area contributed by atoms with Gasteiger partial charge in [0.2, 0.25) is 0 Å². The second-order valence-electron chi connectivity index (χ2n) is 6.61. The van der Waals surface area contributed by atoms with E-state index in [-0.39, 0.29) is 0 Å². The monoisotopic (exact) mass is 303 g/mol. The summed E-state index contributed by atoms with van der Waals surface area (Å²) in [4.78, 5) is 0. The van der Waals surface area contributed by atoms with Crippen LogP contribution < -0.4 is 5.32 Å². The van der Waals surface area contributed by atoms with Crippen molar-refractivity contribution in [3.8, 4) is 0 Å². The normalized spacial score (nSPS) is 13.5. The maximum Gasteiger partial charge on any atom is 0.0134 e. The third-order valence-electron chi connectivity index (χ3n) is 3.81. The Labute approximate surface area is 139 Å². The van der Waals surface area contributed by atoms with Gasteiger partial charge < -0.3 is 5.32 Å². The van der Waals surface area contributed by atoms with Crippen LogP contribution in [0.4, 0.5) is 0 Å². The zero-order valence-corrected chi connectivity index (χ0v) is 15.8. The summed E-state index contributed by atoms with van der Waals surface area (Å²) in [6.45, 7) is 12.1. The minimum absolute atomic E-state index is 0.978. The summed E-state index contributed by atoms with van der Waals surface area (Å²) in [6.07, 6.45) is 16.5. The molecule has 0 aromatic heterocycles. The fourth-order valence-electron chi connectivity index (χ4n) is 2.26. The first-order valence-corrected chi connectivity index (χ1v) is 8.70. The van der Waals surface area contributed by atoms with Gasteiger partial charge >= 0.3 is 0 Å². The van der Waals surface area contributed by atoms with Crippen molar-refractivity contribution in [1.82, 2.24) is 5.32 Å². The van der Waals surface area contributed by atoms with Crippen molar-refractivity contribution in [2.75, 3.05) is 13.6 Å². The fraction of sp³-hybridized carbons (Fsp3) is 0.619. The third kappa shape index (κ3) is 13.9. The molecule has 0 unspecified atom stereocenters. The standard InChI is InChI=1S/C21H37N/c1-18(2)10-7-11-19(3)12-8-13-20(4)14-9-15-21(5)16-17-22-6/h10,12,14,16,22H,7-9,11,13,15,17H2,1-6H3/b19-12+,20-14+,21-16+. The third-order valence-corrected chi connectivity index (χ3v) is 3.81. The number of likely N-dealkylation sites (N-methyl/N-ethyl adjacent to an activating group) is 1. The lowest BCUT2D eigenvalue weighted by atomic mass is 10.0. The topological polar surface area (TPSA) is 12.0 Å². The van der Waals surface area contributed by atoms with E-state index in [9.17, 15) is 0 Å². The molecule has 126 valence electrons. The Kier molecular flexibility index (Phi) is 12.9. The predicted molar refractivity (Wildman–Crippen MR) is 102 cm³/mol. The van der Waals surface area contributed by atoms with Crippen LogP contribution in [0.15, 0.2) is 46.6 Å². The molecule has 0 aliphatic rings. The van der Waals surface area contributed by atoms with Crippen molar-refractivity contribution in [3.63, 3.8) is 0 Å². The fourth-order valence-corrected chi connectivity index (χ4v) is 2.26. The van der Waals surface area contributed by atoms with Gasteiger partial charge in [0, 0.05) is 6.54 Å². The average molecular weight is 304 g/mol. The maximum atomic E-state index is 3.15. The lowest BCUT2D eigenvalue weighted by molar-refractivity contribution is 0.880. The molecule has 0 spiro atoms. The summed E-state index contributed by atoms with van der Waals surface area (Å²) in [7, 11) is 1.99. The van der Waals surface area contributed by atoms with Crippen LogP contribution in [0.3, 0.4) is 0 Å². The largest absolute Gasteiger partial charge is 0.316 e. The van der Waals surface area contributed by atoms with Crippen LogP contribution in [-0.4, -0.2) is 13.6 Å². The van der Waals surface area contributed by atoms with E-state index >= 15 is 0 Å². The molecule has 0 radical (unpaired) electrons. The molecule has 1 nitrogen and oxygen atoms in total. The molecule has 0 fully saturated rings. The Morgan fingerprint density at radius 1 is 0.636 bits per heavy atom. The Hall–Kier alpha value is -1.08. The maximum absolute atomic E-state index is 3.15. The van der Waals surface area contributed by atoms with Crippen LogP contribution in [0.1, 0.15) is 73.1 Å². The van der Waals surface area contributed by atoms with Gasteiger partial charge in [-0.05, 0) is 80.2 Å². The van der Waals surface area contributed by atoms with Gasteiger partial charge in [-0.1, -0.05) is 46.6 Å². The molecule has 0 saturated carbocycles. The van der Waals surface area contributed by atoms with Crippen molar-refractivity contribution in [2.45, 2.75) is 73.1 Å². The van der Waals surface area contributed by atoms with E-state index in [1.807, 2.05) is 7.05 Å². The van der Waals surface area contributed by atoms with Gasteiger partial charge in [0.25, 0.3) is 0 Å². The van der Waals surface area contributed by atoms with Crippen LogP contribution >= 0.6 is 0 Å². The van der Waals surface area contributed by atoms with Crippen molar-refractivity contribution in [2.24, 2.45) is 0 Å². The summed E-state index contributed by atoms with van der Waals surface area (Å²) in [5.74, 6) is 0. The lowest BCUT2D eigenvalue weighted by Crippen LogP contribution is -2.04. The SMILES string of the molecule is CNC/C=C(\C)CC/C=C(\C)CC/C=C(\C)CCC=C(C)C. The molecular weight excluding hydrogens is 266 g/mol. The summed E-state index contributed by atoms with van der Waals surface area (Å²) in [6, 6.07) is 0. The molecular formula is C21H37N. The quantitative estimate of drug-likeness (QED) is 0.438. The average Bonchev–Trinajstić information content (AvgIpc) is 2.44. The first kappa shape index (κ1) is 20.9. The molecule has 0 heterocycles. The summed E-state index contributed by atoms with van der Waals surface area (Å²) in [5, 5.41) is 3.15. The smallest absolute Gasteiger partial charge is 0.0134 e. The van der Waals surface area contributed by atoms with Gasteiger partial charge in [-0.2, -0.15) is 0 Å². The van der Waals surface area contributed by atoms with Crippen LogP contribution in [-0.2, 0) is 0 Å². The second kappa shape index (κ2) is 13.6. The summed E-state index contributed by atoms with van der Waals surface area (Å²) >= 11 is 0. The van der Waals surface area contributed by atoms with Crippen molar-refractivity contribution >= 4 is 0 Å². The summed E-state index contributed by atoms with van der Waals surface area (Å²) in [5.41, 5.74) is 5.95. The van der Waals surface area contributed by atoms with E-state index in [1.165, 1.54) is 60.8 Å². The number of hydrogen-bond acceptors (Lipinski definition) is 1. The van der Waals surface area contributed by atoms with Crippen molar-refractivity contribution < 1.29 is 0 Å². The van der Waals surface area contributed by atoms with Crippen LogP contribution in [0.5, 0.6) is 0 Å². The molecule has 0 amide bonds. The Balaban J connectivity index is 3.94. The predicted octanol–water partition coefficient (Wildman–Crippen LogP) is 6.35. The van der Waals surface area contributed by atoms with E-state index in [2.05, 4.69) is 64.2 Å². The summed E-state index contributed by atoms with van der Waals surface area (Å²) < 4.78 is 0. The molecule has 0 rings (SSSR count). The van der Waals surface area contributed by atoms with E-state index in [1.54, 1.807) is 0 Å². The highest BCUT2D eigenvalue weighted by molar-refractivity contribution is 5.07. The molecule has 0 aliphatic carbocycles. The molecule has 1 heteroatoms. The number of hydrogen-bond donors (Lipinski definition) is 1. The van der Waals surface area contributed by atoms with Gasteiger partial charge in [-0.15, -0.1) is 0 Å². The first-order valence-electron chi connectivity index (χ1n) is 8.70. The lowest BCUT2D eigenvalue weighted by Gasteiger charge is -2.02. The van der Waals surface area contributed by atoms with Crippen LogP contribution in [0.2, 0.25) is 0 Å². The molecule has 0 saturated heterocycles. The van der Waals surface area contributed by atoms with E-state index in [4.69, 9.17) is 0 Å². The van der Waals surface area contributed by atoms with Crippen molar-refractivity contribution in [1.29, 1.82) is 0 Å². The number of allylic oxidation sites excluding steroid dienone is 7. The molecule has 0 aromatic rings. The highest BCUT2D eigenvalue weighted by Gasteiger charge is 1.93. The Bertz CT molecular complexity index is 404. The van der Waals surface area contributed by atoms with Gasteiger partial charge in [0.15, 0.2) is 0 Å². The molecule has 22 heavy (non-hydrogen) atoms. The molecule has 1 N–H and O–H groups in total. The highest BCUT2D eigenvalue weighted by atomic mass is 14.8. The van der Waals surface area contributed by atoms with Crippen molar-refractivity contribution in [3.05, 3.63) is 46.6 Å². The molecule has 0 aromatic carbocycles. The Morgan fingerprint density at radius 3 is 1.45 bits per heavy atom. The zero-order chi connectivity index (χ0) is 16.8. The molecule has 0 atom stereocenters. The van der Waals surface area contributed by atoms with Crippen LogP contribution in [0, 0.1) is 0 Å². The molecule has 0 aliphatic heterocycles. The highest BCUT2D eigenvalue weighted by Crippen LogP contribution is 2.13. The Morgan fingerprint density at radius 2 is 1.05 bits per heavy atom. The van der Waals surface area contributed by atoms with E-state index in [0.717, 1.165) is 6.54 Å². The van der Waals surface area contributed by atoms with Crippen LogP contribution in [0.25, 0.3) is 0 Å².